The van der Waals surface area contributed by atoms with E-state index >= 15 is 0 Å². The van der Waals surface area contributed by atoms with Gasteiger partial charge in [-0.25, -0.2) is 0 Å². The monoisotopic (exact) mass is 493 g/mol. The maximum absolute atomic E-state index is 2.54. The van der Waals surface area contributed by atoms with Crippen LogP contribution in [-0.4, -0.2) is 4.57 Å². The first-order valence-electron chi connectivity index (χ1n) is 14.0. The fourth-order valence-corrected chi connectivity index (χ4v) is 6.29. The Labute approximate surface area is 226 Å². The lowest BCUT2D eigenvalue weighted by Gasteiger charge is -2.37. The van der Waals surface area contributed by atoms with Gasteiger partial charge < -0.3 is 4.57 Å². The molecule has 0 fully saturated rings. The molecule has 0 spiro atoms. The van der Waals surface area contributed by atoms with Crippen LogP contribution in [0.3, 0.4) is 0 Å². The number of aryl methyl sites for hydroxylation is 1. The number of nitrogens with zero attached hydrogens (tertiary/aromatic N) is 1. The van der Waals surface area contributed by atoms with Gasteiger partial charge in [0.15, 0.2) is 0 Å². The number of para-hydroxylation sites is 1. The summed E-state index contributed by atoms with van der Waals surface area (Å²) in [6.07, 6.45) is 5.05. The smallest absolute Gasteiger partial charge is 0.0701 e. The minimum Gasteiger partial charge on any atom is -0.340 e. The Morgan fingerprint density at radius 3 is 1.58 bits per heavy atom. The van der Waals surface area contributed by atoms with Crippen molar-refractivity contribution in [3.8, 4) is 0 Å². The highest BCUT2D eigenvalue weighted by Crippen LogP contribution is 2.46. The average Bonchev–Trinajstić information content (AvgIpc) is 3.30. The number of benzene rings is 5. The van der Waals surface area contributed by atoms with Crippen molar-refractivity contribution in [3.63, 3.8) is 0 Å². The Bertz CT molecular complexity index is 1530. The number of rotatable bonds is 9. The summed E-state index contributed by atoms with van der Waals surface area (Å²) in [6, 6.07) is 49.1. The van der Waals surface area contributed by atoms with Crippen LogP contribution in [0.4, 0.5) is 0 Å². The molecule has 0 radical (unpaired) electrons. The highest BCUT2D eigenvalue weighted by molar-refractivity contribution is 6.08. The molecule has 0 aliphatic rings. The molecular weight excluding hydrogens is 458 g/mol. The Morgan fingerprint density at radius 1 is 0.474 bits per heavy atom. The fourth-order valence-electron chi connectivity index (χ4n) is 6.29. The highest BCUT2D eigenvalue weighted by atomic mass is 15.0. The van der Waals surface area contributed by atoms with Crippen LogP contribution in [0.2, 0.25) is 0 Å². The molecule has 0 saturated carbocycles. The maximum atomic E-state index is 2.54. The molecule has 0 N–H and O–H groups in total. The lowest BCUT2D eigenvalue weighted by atomic mass is 9.65. The molecule has 0 bridgehead atoms. The van der Waals surface area contributed by atoms with Gasteiger partial charge in [0, 0.05) is 28.4 Å². The number of hydrogen-bond acceptors (Lipinski definition) is 0. The molecule has 0 aliphatic heterocycles. The standard InChI is InChI=1S/C37H35N/c1-2-3-4-16-27-38-35-24-15-14-23-33(35)34-28-32(25-26-36(34)38)37(29-17-8-5-9-18-29,30-19-10-6-11-20-30)31-21-12-7-13-22-31/h5-15,17-26,28H,2-4,16,27H2,1H3. The molecule has 1 heterocycles. The van der Waals surface area contributed by atoms with Gasteiger partial charge in [-0.15, -0.1) is 0 Å². The molecule has 1 nitrogen and oxygen atoms in total. The second-order valence-electron chi connectivity index (χ2n) is 10.3. The first-order valence-corrected chi connectivity index (χ1v) is 14.0. The van der Waals surface area contributed by atoms with Gasteiger partial charge in [0.1, 0.15) is 0 Å². The van der Waals surface area contributed by atoms with Gasteiger partial charge in [0.05, 0.1) is 5.41 Å². The lowest BCUT2D eigenvalue weighted by molar-refractivity contribution is 0.602. The van der Waals surface area contributed by atoms with Crippen LogP contribution in [0.5, 0.6) is 0 Å². The molecule has 1 heteroatoms. The molecule has 0 atom stereocenters. The Hall–Kier alpha value is -4.10. The van der Waals surface area contributed by atoms with E-state index in [1.54, 1.807) is 0 Å². The molecule has 5 aromatic carbocycles. The molecule has 1 aromatic heterocycles. The molecule has 0 aliphatic carbocycles. The Kier molecular flexibility index (Phi) is 6.84. The second-order valence-corrected chi connectivity index (χ2v) is 10.3. The zero-order valence-electron chi connectivity index (χ0n) is 22.2. The summed E-state index contributed by atoms with van der Waals surface area (Å²) in [5.41, 5.74) is 7.36. The molecule has 0 unspecified atom stereocenters. The van der Waals surface area contributed by atoms with Crippen LogP contribution >= 0.6 is 0 Å². The van der Waals surface area contributed by atoms with Gasteiger partial charge in [-0.3, -0.25) is 0 Å². The first-order chi connectivity index (χ1) is 18.8. The topological polar surface area (TPSA) is 4.93 Å². The quantitative estimate of drug-likeness (QED) is 0.139. The minimum atomic E-state index is -0.428. The number of fused-ring (bicyclic) bond motifs is 3. The predicted molar refractivity (Wildman–Crippen MR) is 162 cm³/mol. The predicted octanol–water partition coefficient (Wildman–Crippen LogP) is 9.76. The van der Waals surface area contributed by atoms with Gasteiger partial charge >= 0.3 is 0 Å². The van der Waals surface area contributed by atoms with E-state index in [2.05, 4.69) is 145 Å². The molecular formula is C37H35N. The third kappa shape index (κ3) is 4.13. The Morgan fingerprint density at radius 2 is 1.00 bits per heavy atom. The van der Waals surface area contributed by atoms with E-state index in [9.17, 15) is 0 Å². The third-order valence-corrected chi connectivity index (χ3v) is 8.06. The first kappa shape index (κ1) is 24.2. The third-order valence-electron chi connectivity index (χ3n) is 8.06. The normalized spacial score (nSPS) is 11.8. The molecule has 188 valence electrons. The molecule has 6 aromatic rings. The van der Waals surface area contributed by atoms with Gasteiger partial charge in [0.2, 0.25) is 0 Å². The zero-order valence-corrected chi connectivity index (χ0v) is 22.2. The van der Waals surface area contributed by atoms with E-state index in [1.165, 1.54) is 69.7 Å². The fraction of sp³-hybridized carbons (Fsp3) is 0.189. The van der Waals surface area contributed by atoms with Crippen LogP contribution in [0.25, 0.3) is 21.8 Å². The molecule has 38 heavy (non-hydrogen) atoms. The van der Waals surface area contributed by atoms with Crippen molar-refractivity contribution in [2.75, 3.05) is 0 Å². The van der Waals surface area contributed by atoms with Crippen molar-refractivity contribution < 1.29 is 0 Å². The van der Waals surface area contributed by atoms with E-state index in [4.69, 9.17) is 0 Å². The van der Waals surface area contributed by atoms with E-state index in [-0.39, 0.29) is 0 Å². The van der Waals surface area contributed by atoms with Crippen LogP contribution in [0, 0.1) is 0 Å². The number of hydrogen-bond donors (Lipinski definition) is 0. The summed E-state index contributed by atoms with van der Waals surface area (Å²) < 4.78 is 2.54. The van der Waals surface area contributed by atoms with Crippen molar-refractivity contribution in [1.82, 2.24) is 4.57 Å². The van der Waals surface area contributed by atoms with Crippen LogP contribution in [0.15, 0.2) is 133 Å². The van der Waals surface area contributed by atoms with Gasteiger partial charge in [0.25, 0.3) is 0 Å². The molecule has 0 saturated heterocycles. The zero-order chi connectivity index (χ0) is 25.8. The van der Waals surface area contributed by atoms with Crippen molar-refractivity contribution in [1.29, 1.82) is 0 Å². The van der Waals surface area contributed by atoms with Crippen molar-refractivity contribution in [2.24, 2.45) is 0 Å². The van der Waals surface area contributed by atoms with E-state index < -0.39 is 5.41 Å². The molecule has 0 amide bonds. The largest absolute Gasteiger partial charge is 0.340 e. The Balaban J connectivity index is 1.64. The molecule has 6 rings (SSSR count). The number of unbranched alkanes of at least 4 members (excludes halogenated alkanes) is 3. The van der Waals surface area contributed by atoms with Crippen LogP contribution < -0.4 is 0 Å². The van der Waals surface area contributed by atoms with Crippen molar-refractivity contribution >= 4 is 21.8 Å². The number of aromatic nitrogens is 1. The van der Waals surface area contributed by atoms with Crippen molar-refractivity contribution in [2.45, 2.75) is 44.6 Å². The van der Waals surface area contributed by atoms with Crippen LogP contribution in [-0.2, 0) is 12.0 Å². The lowest BCUT2D eigenvalue weighted by Crippen LogP contribution is -2.30. The summed E-state index contributed by atoms with van der Waals surface area (Å²) in [5, 5.41) is 2.67. The van der Waals surface area contributed by atoms with E-state index in [0.29, 0.717) is 0 Å². The van der Waals surface area contributed by atoms with Gasteiger partial charge in [-0.2, -0.15) is 0 Å². The minimum absolute atomic E-state index is 0.428. The summed E-state index contributed by atoms with van der Waals surface area (Å²) >= 11 is 0. The second kappa shape index (κ2) is 10.7. The summed E-state index contributed by atoms with van der Waals surface area (Å²) in [5.74, 6) is 0. The highest BCUT2D eigenvalue weighted by Gasteiger charge is 2.38. The van der Waals surface area contributed by atoms with E-state index in [1.807, 2.05) is 0 Å². The maximum Gasteiger partial charge on any atom is 0.0701 e. The van der Waals surface area contributed by atoms with Crippen molar-refractivity contribution in [3.05, 3.63) is 156 Å². The van der Waals surface area contributed by atoms with Gasteiger partial charge in [-0.05, 0) is 46.9 Å². The summed E-state index contributed by atoms with van der Waals surface area (Å²) in [6.45, 7) is 3.34. The SMILES string of the molecule is CCCCCCn1c2ccccc2c2cc(C(c3ccccc3)(c3ccccc3)c3ccccc3)ccc21. The van der Waals surface area contributed by atoms with Crippen LogP contribution in [0.1, 0.15) is 54.9 Å². The summed E-state index contributed by atoms with van der Waals surface area (Å²) in [7, 11) is 0. The average molecular weight is 494 g/mol. The van der Waals surface area contributed by atoms with Gasteiger partial charge in [-0.1, -0.05) is 141 Å². The summed E-state index contributed by atoms with van der Waals surface area (Å²) in [4.78, 5) is 0. The van der Waals surface area contributed by atoms with E-state index in [0.717, 1.165) is 6.54 Å².